The van der Waals surface area contributed by atoms with E-state index >= 15 is 0 Å². The molecule has 1 fully saturated rings. The minimum Gasteiger partial charge on any atom is -0.493 e. The van der Waals surface area contributed by atoms with Crippen LogP contribution in [0.25, 0.3) is 0 Å². The molecule has 8 nitrogen and oxygen atoms in total. The van der Waals surface area contributed by atoms with Crippen molar-refractivity contribution in [3.63, 3.8) is 0 Å². The number of anilines is 1. The van der Waals surface area contributed by atoms with Crippen molar-refractivity contribution < 1.29 is 28.5 Å². The Morgan fingerprint density at radius 2 is 1.57 bits per heavy atom. The summed E-state index contributed by atoms with van der Waals surface area (Å²) >= 11 is 6.03. The smallest absolute Gasteiger partial charge is 0.260 e. The van der Waals surface area contributed by atoms with Crippen molar-refractivity contribution in [3.8, 4) is 28.7 Å². The summed E-state index contributed by atoms with van der Waals surface area (Å²) in [5, 5.41) is 0.331. The summed E-state index contributed by atoms with van der Waals surface area (Å²) < 4.78 is 28.7. The number of carbonyl (C=O) groups is 1. The monoisotopic (exact) mass is 520 g/mol. The summed E-state index contributed by atoms with van der Waals surface area (Å²) in [4.78, 5) is 17.8. The van der Waals surface area contributed by atoms with Gasteiger partial charge >= 0.3 is 0 Å². The summed E-state index contributed by atoms with van der Waals surface area (Å²) in [6, 6.07) is 18.2. The molecule has 0 N–H and O–H groups in total. The fourth-order valence-electron chi connectivity index (χ4n) is 5.14. The molecule has 1 saturated heterocycles. The summed E-state index contributed by atoms with van der Waals surface area (Å²) in [6.45, 7) is 1.98. The zero-order valence-corrected chi connectivity index (χ0v) is 22.1. The molecular weight excluding hydrogens is 492 g/mol. The number of rotatable bonds is 6. The van der Waals surface area contributed by atoms with Gasteiger partial charge in [0.1, 0.15) is 0 Å². The molecule has 3 aromatic carbocycles. The van der Waals surface area contributed by atoms with E-state index in [1.165, 1.54) is 21.3 Å². The first-order valence-corrected chi connectivity index (χ1v) is 12.2. The second-order valence-corrected chi connectivity index (χ2v) is 9.28. The zero-order valence-electron chi connectivity index (χ0n) is 21.3. The Morgan fingerprint density at radius 3 is 2.16 bits per heavy atom. The van der Waals surface area contributed by atoms with Crippen LogP contribution in [-0.4, -0.2) is 50.1 Å². The third-order valence-corrected chi connectivity index (χ3v) is 7.19. The molecule has 2 atom stereocenters. The number of carbonyl (C=O) groups excluding carboxylic acids is 1. The Kier molecular flexibility index (Phi) is 6.33. The molecule has 5 rings (SSSR count). The summed E-state index contributed by atoms with van der Waals surface area (Å²) in [5.74, 6) is 2.05. The van der Waals surface area contributed by atoms with Gasteiger partial charge in [0.2, 0.25) is 5.75 Å². The van der Waals surface area contributed by atoms with Crippen molar-refractivity contribution in [2.24, 2.45) is 0 Å². The van der Waals surface area contributed by atoms with Gasteiger partial charge in [0.25, 0.3) is 5.91 Å². The quantitative estimate of drug-likeness (QED) is 0.411. The molecule has 2 aliphatic heterocycles. The highest BCUT2D eigenvalue weighted by Gasteiger charge is 2.54. The third-order valence-electron chi connectivity index (χ3n) is 6.81. The van der Waals surface area contributed by atoms with Crippen LogP contribution in [0.3, 0.4) is 0 Å². The average molecular weight is 521 g/mol. The van der Waals surface area contributed by atoms with Gasteiger partial charge in [0.15, 0.2) is 33.8 Å². The van der Waals surface area contributed by atoms with Gasteiger partial charge < -0.3 is 23.7 Å². The lowest BCUT2D eigenvalue weighted by molar-refractivity contribution is 0.0162. The van der Waals surface area contributed by atoms with Crippen LogP contribution in [0.15, 0.2) is 60.7 Å². The predicted octanol–water partition coefficient (Wildman–Crippen LogP) is 5.21. The number of amides is 1. The molecule has 0 radical (unpaired) electrons. The van der Waals surface area contributed by atoms with Crippen LogP contribution < -0.4 is 28.6 Å². The van der Waals surface area contributed by atoms with E-state index in [1.54, 1.807) is 24.1 Å². The van der Waals surface area contributed by atoms with E-state index in [-0.39, 0.29) is 11.9 Å². The fraction of sp³-hybridized carbons (Fsp3) is 0.286. The van der Waals surface area contributed by atoms with E-state index in [0.717, 1.165) is 11.3 Å². The maximum absolute atomic E-state index is 14.3. The van der Waals surface area contributed by atoms with Crippen molar-refractivity contribution in [2.45, 2.75) is 25.1 Å². The highest BCUT2D eigenvalue weighted by molar-refractivity contribution is 7.80. The number of ether oxygens (including phenoxy) is 5. The second kappa shape index (κ2) is 9.48. The van der Waals surface area contributed by atoms with Crippen LogP contribution in [0.1, 0.15) is 35.3 Å². The van der Waals surface area contributed by atoms with Gasteiger partial charge in [-0.2, -0.15) is 0 Å². The number of para-hydroxylation sites is 2. The predicted molar refractivity (Wildman–Crippen MR) is 143 cm³/mol. The molecule has 0 saturated carbocycles. The largest absolute Gasteiger partial charge is 0.493 e. The number of fused-ring (bicyclic) bond motifs is 4. The fourth-order valence-corrected chi connectivity index (χ4v) is 5.65. The number of methoxy groups -OCH3 is 4. The van der Waals surface area contributed by atoms with Crippen molar-refractivity contribution in [3.05, 3.63) is 71.8 Å². The molecule has 37 heavy (non-hydrogen) atoms. The Hall–Kier alpha value is -3.98. The van der Waals surface area contributed by atoms with Crippen molar-refractivity contribution >= 4 is 28.9 Å². The molecule has 2 heterocycles. The zero-order chi connectivity index (χ0) is 26.3. The van der Waals surface area contributed by atoms with Crippen LogP contribution in [0.4, 0.5) is 5.69 Å². The first-order chi connectivity index (χ1) is 17.9. The van der Waals surface area contributed by atoms with Crippen LogP contribution in [-0.2, 0) is 0 Å². The highest BCUT2D eigenvalue weighted by Crippen LogP contribution is 2.52. The van der Waals surface area contributed by atoms with E-state index in [0.29, 0.717) is 45.8 Å². The molecule has 0 aromatic heterocycles. The van der Waals surface area contributed by atoms with E-state index < -0.39 is 5.72 Å². The molecule has 2 unspecified atom stereocenters. The number of benzene rings is 3. The molecule has 9 heteroatoms. The average Bonchev–Trinajstić information content (AvgIpc) is 2.91. The molecule has 3 aromatic rings. The summed E-state index contributed by atoms with van der Waals surface area (Å²) in [5.41, 5.74) is 1.14. The normalized spacial score (nSPS) is 20.0. The van der Waals surface area contributed by atoms with E-state index in [9.17, 15) is 4.79 Å². The minimum absolute atomic E-state index is 0.298. The lowest BCUT2D eigenvalue weighted by Gasteiger charge is -2.55. The van der Waals surface area contributed by atoms with Gasteiger partial charge in [-0.15, -0.1) is 0 Å². The summed E-state index contributed by atoms with van der Waals surface area (Å²) in [6.07, 6.45) is 0.484. The Morgan fingerprint density at radius 1 is 0.919 bits per heavy atom. The lowest BCUT2D eigenvalue weighted by atomic mass is 9.88. The molecule has 2 bridgehead atoms. The molecule has 1 amide bonds. The van der Waals surface area contributed by atoms with Gasteiger partial charge in [0, 0.05) is 23.2 Å². The number of nitrogens with zero attached hydrogens (tertiary/aromatic N) is 2. The molecule has 0 aliphatic carbocycles. The van der Waals surface area contributed by atoms with Crippen molar-refractivity contribution in [1.29, 1.82) is 0 Å². The van der Waals surface area contributed by atoms with Crippen molar-refractivity contribution in [1.82, 2.24) is 4.90 Å². The second-order valence-electron chi connectivity index (χ2n) is 8.92. The van der Waals surface area contributed by atoms with E-state index in [1.807, 2.05) is 60.4 Å². The maximum Gasteiger partial charge on any atom is 0.260 e. The van der Waals surface area contributed by atoms with Gasteiger partial charge in [-0.05, 0) is 49.5 Å². The highest BCUT2D eigenvalue weighted by atomic mass is 32.1. The maximum atomic E-state index is 14.3. The number of thiocarbonyl (C=S) groups is 1. The number of hydrogen-bond donors (Lipinski definition) is 0. The minimum atomic E-state index is -0.850. The Balaban J connectivity index is 1.70. The SMILES string of the molecule is COc1cc(C(=O)N2C(=S)N(c3ccccc3)C3(C)CC2c2cccc(OC)c2O3)cc(OC)c1OC. The Labute approximate surface area is 221 Å². The van der Waals surface area contributed by atoms with Crippen molar-refractivity contribution in [2.75, 3.05) is 33.3 Å². The standard InChI is InChI=1S/C28H28N2O6S/c1-28-16-20(19-12-9-13-21(32-2)24(19)36-28)29(27(37)30(28)18-10-7-6-8-11-18)26(31)17-14-22(33-3)25(35-5)23(15-17)34-4/h6-15,20H,16H2,1-5H3. The van der Waals surface area contributed by atoms with Gasteiger partial charge in [-0.25, -0.2) is 0 Å². The van der Waals surface area contributed by atoms with Gasteiger partial charge in [-0.3, -0.25) is 14.6 Å². The number of hydrogen-bond acceptors (Lipinski definition) is 7. The molecular formula is C28H28N2O6S. The molecule has 192 valence electrons. The molecule has 2 aliphatic rings. The van der Waals surface area contributed by atoms with E-state index in [4.69, 9.17) is 35.9 Å². The van der Waals surface area contributed by atoms with Gasteiger partial charge in [-0.1, -0.05) is 30.3 Å². The van der Waals surface area contributed by atoms with Crippen LogP contribution >= 0.6 is 12.2 Å². The Bertz CT molecular complexity index is 1340. The van der Waals surface area contributed by atoms with Crippen LogP contribution in [0, 0.1) is 0 Å². The first kappa shape index (κ1) is 24.7. The molecule has 0 spiro atoms. The summed E-state index contributed by atoms with van der Waals surface area (Å²) in [7, 11) is 6.15. The third kappa shape index (κ3) is 3.90. The van der Waals surface area contributed by atoms with Gasteiger partial charge in [0.05, 0.1) is 34.5 Å². The van der Waals surface area contributed by atoms with Crippen LogP contribution in [0.5, 0.6) is 28.7 Å². The first-order valence-electron chi connectivity index (χ1n) is 11.8. The van der Waals surface area contributed by atoms with Crippen LogP contribution in [0.2, 0.25) is 0 Å². The lowest BCUT2D eigenvalue weighted by Crippen LogP contribution is -2.67. The van der Waals surface area contributed by atoms with E-state index in [2.05, 4.69) is 0 Å². The topological polar surface area (TPSA) is 69.7 Å².